The van der Waals surface area contributed by atoms with Crippen molar-refractivity contribution in [2.45, 2.75) is 39.8 Å². The molecule has 0 atom stereocenters. The van der Waals surface area contributed by atoms with Gasteiger partial charge in [0.2, 0.25) is 0 Å². The molecule has 0 unspecified atom stereocenters. The number of nitrogen functional groups attached to an aromatic ring is 1. The second-order valence-corrected chi connectivity index (χ2v) is 5.47. The summed E-state index contributed by atoms with van der Waals surface area (Å²) >= 11 is 1.50. The summed E-state index contributed by atoms with van der Waals surface area (Å²) in [6.07, 6.45) is 1.14. The topological polar surface area (TPSA) is 58.4 Å². The van der Waals surface area contributed by atoms with Gasteiger partial charge in [0.15, 0.2) is 0 Å². The third kappa shape index (κ3) is 4.11. The molecule has 0 radical (unpaired) electrons. The Kier molecular flexibility index (Phi) is 5.61. The molecule has 5 heteroatoms. The zero-order valence-corrected chi connectivity index (χ0v) is 11.5. The number of nitrogens with zero attached hydrogens (tertiary/aromatic N) is 1. The quantitative estimate of drug-likeness (QED) is 0.464. The van der Waals surface area contributed by atoms with Crippen LogP contribution in [0.5, 0.6) is 0 Å². The normalized spacial score (nSPS) is 11.2. The number of nitrogens with one attached hydrogen (secondary N) is 1. The van der Waals surface area contributed by atoms with E-state index in [-0.39, 0.29) is 5.91 Å². The van der Waals surface area contributed by atoms with Gasteiger partial charge in [0.05, 0.1) is 4.88 Å². The molecule has 1 heterocycles. The van der Waals surface area contributed by atoms with Crippen LogP contribution in [0.25, 0.3) is 0 Å². The highest BCUT2D eigenvalue weighted by Gasteiger charge is 2.12. The zero-order valence-electron chi connectivity index (χ0n) is 10.7. The van der Waals surface area contributed by atoms with Crippen molar-refractivity contribution >= 4 is 17.2 Å². The predicted octanol–water partition coefficient (Wildman–Crippen LogP) is 1.97. The van der Waals surface area contributed by atoms with Gasteiger partial charge >= 0.3 is 0 Å². The first-order valence-corrected chi connectivity index (χ1v) is 6.73. The number of carbonyl (C=O) groups excluding carboxylic acids is 1. The largest absolute Gasteiger partial charge is 0.296 e. The lowest BCUT2D eigenvalue weighted by Crippen LogP contribution is -2.30. The van der Waals surface area contributed by atoms with Crippen LogP contribution >= 0.6 is 11.3 Å². The van der Waals surface area contributed by atoms with Crippen LogP contribution in [0.2, 0.25) is 0 Å². The van der Waals surface area contributed by atoms with Crippen LogP contribution in [0.4, 0.5) is 0 Å². The van der Waals surface area contributed by atoms with Gasteiger partial charge in [0, 0.05) is 17.5 Å². The number of thiophene rings is 1. The van der Waals surface area contributed by atoms with E-state index in [1.165, 1.54) is 16.2 Å². The molecule has 96 valence electrons. The zero-order chi connectivity index (χ0) is 12.8. The molecule has 0 fully saturated rings. The first-order valence-electron chi connectivity index (χ1n) is 5.92. The van der Waals surface area contributed by atoms with E-state index in [2.05, 4.69) is 31.1 Å². The van der Waals surface area contributed by atoms with Crippen LogP contribution < -0.4 is 11.3 Å². The number of nitrogens with two attached hydrogens (primary N) is 1. The van der Waals surface area contributed by atoms with Crippen LogP contribution in [0.3, 0.4) is 0 Å². The Morgan fingerprint density at radius 2 is 2.24 bits per heavy atom. The molecule has 0 aliphatic carbocycles. The number of hydrogen-bond acceptors (Lipinski definition) is 4. The molecule has 1 aromatic heterocycles. The molecule has 0 aliphatic rings. The molecule has 4 nitrogen and oxygen atoms in total. The molecule has 0 spiro atoms. The summed E-state index contributed by atoms with van der Waals surface area (Å²) in [6.45, 7) is 8.53. The van der Waals surface area contributed by atoms with Crippen molar-refractivity contribution in [3.63, 3.8) is 0 Å². The fraction of sp³-hybridized carbons (Fsp3) is 0.583. The van der Waals surface area contributed by atoms with E-state index < -0.39 is 0 Å². The van der Waals surface area contributed by atoms with Gasteiger partial charge in [-0.3, -0.25) is 15.1 Å². The Bertz CT molecular complexity index is 362. The monoisotopic (exact) mass is 255 g/mol. The number of hydrazine groups is 1. The van der Waals surface area contributed by atoms with Crippen LogP contribution in [-0.4, -0.2) is 23.4 Å². The van der Waals surface area contributed by atoms with Gasteiger partial charge < -0.3 is 0 Å². The van der Waals surface area contributed by atoms with Crippen LogP contribution in [0.1, 0.15) is 41.7 Å². The minimum absolute atomic E-state index is 0.215. The highest BCUT2D eigenvalue weighted by Crippen LogP contribution is 2.19. The lowest BCUT2D eigenvalue weighted by molar-refractivity contribution is 0.0957. The van der Waals surface area contributed by atoms with Crippen molar-refractivity contribution in [2.75, 3.05) is 6.54 Å². The van der Waals surface area contributed by atoms with E-state index in [9.17, 15) is 4.79 Å². The highest BCUT2D eigenvalue weighted by molar-refractivity contribution is 7.14. The molecule has 1 amide bonds. The van der Waals surface area contributed by atoms with Gasteiger partial charge in [0.25, 0.3) is 5.91 Å². The molecule has 1 aromatic rings. The third-order valence-corrected chi connectivity index (χ3v) is 3.69. The summed E-state index contributed by atoms with van der Waals surface area (Å²) < 4.78 is 0. The average molecular weight is 255 g/mol. The van der Waals surface area contributed by atoms with Crippen molar-refractivity contribution < 1.29 is 4.79 Å². The first kappa shape index (κ1) is 14.2. The highest BCUT2D eigenvalue weighted by atomic mass is 32.1. The number of rotatable bonds is 6. The summed E-state index contributed by atoms with van der Waals surface area (Å²) in [5, 5.41) is 0. The van der Waals surface area contributed by atoms with E-state index in [4.69, 9.17) is 5.84 Å². The van der Waals surface area contributed by atoms with Crippen molar-refractivity contribution in [3.8, 4) is 0 Å². The molecule has 0 saturated heterocycles. The van der Waals surface area contributed by atoms with Crippen LogP contribution in [0, 0.1) is 0 Å². The van der Waals surface area contributed by atoms with Crippen LogP contribution in [-0.2, 0) is 6.54 Å². The summed E-state index contributed by atoms with van der Waals surface area (Å²) in [6, 6.07) is 4.34. The molecule has 0 saturated carbocycles. The Labute approximate surface area is 107 Å². The molecule has 1 rings (SSSR count). The van der Waals surface area contributed by atoms with Crippen LogP contribution in [0.15, 0.2) is 12.1 Å². The Morgan fingerprint density at radius 3 is 2.76 bits per heavy atom. The smallest absolute Gasteiger partial charge is 0.275 e. The van der Waals surface area contributed by atoms with Crippen molar-refractivity contribution in [2.24, 2.45) is 5.84 Å². The van der Waals surface area contributed by atoms with E-state index in [1.807, 2.05) is 12.1 Å². The number of carbonyl (C=O) groups is 1. The Balaban J connectivity index is 2.66. The van der Waals surface area contributed by atoms with E-state index in [1.54, 1.807) is 0 Å². The summed E-state index contributed by atoms with van der Waals surface area (Å²) in [5.74, 6) is 4.89. The van der Waals surface area contributed by atoms with E-state index >= 15 is 0 Å². The fourth-order valence-corrected chi connectivity index (χ4v) is 2.60. The Hall–Kier alpha value is -0.910. The second kappa shape index (κ2) is 6.74. The lowest BCUT2D eigenvalue weighted by Gasteiger charge is -2.25. The molecule has 0 bridgehead atoms. The van der Waals surface area contributed by atoms with Crippen molar-refractivity contribution in [1.29, 1.82) is 0 Å². The molecule has 3 N–H and O–H groups in total. The van der Waals surface area contributed by atoms with Gasteiger partial charge in [-0.05, 0) is 38.9 Å². The molecular weight excluding hydrogens is 234 g/mol. The molecule has 0 aliphatic heterocycles. The minimum Gasteiger partial charge on any atom is -0.296 e. The SMILES string of the molecule is CCCN(Cc1ccc(C(=O)NN)s1)C(C)C. The maximum absolute atomic E-state index is 11.3. The van der Waals surface area contributed by atoms with Crippen molar-refractivity contribution in [1.82, 2.24) is 10.3 Å². The van der Waals surface area contributed by atoms with E-state index in [0.717, 1.165) is 19.5 Å². The molecular formula is C12H21N3OS. The average Bonchev–Trinajstić information content (AvgIpc) is 2.76. The summed E-state index contributed by atoms with van der Waals surface area (Å²) in [5.41, 5.74) is 2.15. The Morgan fingerprint density at radius 1 is 1.53 bits per heavy atom. The summed E-state index contributed by atoms with van der Waals surface area (Å²) in [7, 11) is 0. The standard InChI is InChI=1S/C12H21N3OS/c1-4-7-15(9(2)3)8-10-5-6-11(17-10)12(16)14-13/h5-6,9H,4,7-8,13H2,1-3H3,(H,14,16). The maximum Gasteiger partial charge on any atom is 0.275 e. The minimum atomic E-state index is -0.215. The van der Waals surface area contributed by atoms with Gasteiger partial charge in [-0.1, -0.05) is 6.92 Å². The predicted molar refractivity (Wildman–Crippen MR) is 71.8 cm³/mol. The first-order chi connectivity index (χ1) is 8.08. The number of hydrogen-bond donors (Lipinski definition) is 2. The maximum atomic E-state index is 11.3. The fourth-order valence-electron chi connectivity index (χ4n) is 1.66. The van der Waals surface area contributed by atoms with Gasteiger partial charge in [-0.2, -0.15) is 0 Å². The molecule has 17 heavy (non-hydrogen) atoms. The third-order valence-electron chi connectivity index (χ3n) is 2.62. The van der Waals surface area contributed by atoms with Gasteiger partial charge in [0.1, 0.15) is 0 Å². The van der Waals surface area contributed by atoms with Gasteiger partial charge in [-0.25, -0.2) is 5.84 Å². The second-order valence-electron chi connectivity index (χ2n) is 4.30. The lowest BCUT2D eigenvalue weighted by atomic mass is 10.2. The summed E-state index contributed by atoms with van der Waals surface area (Å²) in [4.78, 5) is 15.6. The van der Waals surface area contributed by atoms with Gasteiger partial charge in [-0.15, -0.1) is 11.3 Å². The van der Waals surface area contributed by atoms with Crippen molar-refractivity contribution in [3.05, 3.63) is 21.9 Å². The number of amides is 1. The molecule has 0 aromatic carbocycles. The van der Waals surface area contributed by atoms with E-state index in [0.29, 0.717) is 10.9 Å².